The van der Waals surface area contributed by atoms with E-state index in [1.165, 1.54) is 7.11 Å². The molecule has 1 saturated heterocycles. The van der Waals surface area contributed by atoms with Gasteiger partial charge in [0.2, 0.25) is 5.75 Å². The number of hydrogen-bond donors (Lipinski definition) is 1. The number of carbonyl (C=O) groups is 2. The van der Waals surface area contributed by atoms with Crippen LogP contribution in [0.2, 0.25) is 0 Å². The molecule has 33 heavy (non-hydrogen) atoms. The smallest absolute Gasteiger partial charge is 0.415 e. The van der Waals surface area contributed by atoms with Crippen molar-refractivity contribution in [3.05, 3.63) is 41.0 Å². The largest absolute Gasteiger partial charge is 0.495 e. The summed E-state index contributed by atoms with van der Waals surface area (Å²) in [6.45, 7) is 7.09. The van der Waals surface area contributed by atoms with Crippen LogP contribution in [0.5, 0.6) is 28.7 Å². The second-order valence-electron chi connectivity index (χ2n) is 8.85. The van der Waals surface area contributed by atoms with Crippen LogP contribution in [0.25, 0.3) is 0 Å². The molecule has 2 aliphatic rings. The Hall–Kier alpha value is -3.26. The fraction of sp³-hybridized carbons (Fsp3) is 0.440. The summed E-state index contributed by atoms with van der Waals surface area (Å²) < 4.78 is 22.9. The van der Waals surface area contributed by atoms with E-state index >= 15 is 0 Å². The minimum Gasteiger partial charge on any atom is -0.495 e. The van der Waals surface area contributed by atoms with E-state index < -0.39 is 18.2 Å². The van der Waals surface area contributed by atoms with Crippen molar-refractivity contribution in [1.82, 2.24) is 4.90 Å². The fourth-order valence-corrected chi connectivity index (χ4v) is 4.19. The number of fused-ring (bicyclic) bond motifs is 2. The first-order valence-corrected chi connectivity index (χ1v) is 11.2. The minimum atomic E-state index is -0.817. The zero-order chi connectivity index (χ0) is 23.7. The number of carbonyl (C=O) groups excluding carboxylic acids is 2. The molecule has 2 aliphatic heterocycles. The summed E-state index contributed by atoms with van der Waals surface area (Å²) in [5.41, 5.74) is 1.29. The van der Waals surface area contributed by atoms with Gasteiger partial charge in [0.25, 0.3) is 0 Å². The second kappa shape index (κ2) is 9.31. The van der Waals surface area contributed by atoms with E-state index in [0.29, 0.717) is 25.1 Å². The van der Waals surface area contributed by atoms with Gasteiger partial charge in [0.15, 0.2) is 11.5 Å². The summed E-state index contributed by atoms with van der Waals surface area (Å²) in [6.07, 6.45) is 1.09. The predicted molar refractivity (Wildman–Crippen MR) is 120 cm³/mol. The predicted octanol–water partition coefficient (Wildman–Crippen LogP) is 5.00. The number of likely N-dealkylation sites (tertiary alicyclic amines) is 1. The Balaban J connectivity index is 1.74. The lowest BCUT2D eigenvalue weighted by molar-refractivity contribution is 0.0733. The molecule has 1 fully saturated rings. The third-order valence-electron chi connectivity index (χ3n) is 5.75. The molecule has 176 valence electrons. The van der Waals surface area contributed by atoms with Crippen molar-refractivity contribution in [2.45, 2.75) is 46.1 Å². The van der Waals surface area contributed by atoms with E-state index in [0.717, 1.165) is 18.4 Å². The van der Waals surface area contributed by atoms with Crippen LogP contribution >= 0.6 is 0 Å². The molecule has 0 bridgehead atoms. The number of methoxy groups -OCH3 is 1. The van der Waals surface area contributed by atoms with E-state index in [1.807, 2.05) is 13.8 Å². The summed E-state index contributed by atoms with van der Waals surface area (Å²) in [6, 6.07) is 6.59. The van der Waals surface area contributed by atoms with Crippen LogP contribution in [0.4, 0.5) is 4.79 Å². The van der Waals surface area contributed by atoms with Crippen molar-refractivity contribution in [2.75, 3.05) is 20.2 Å². The number of aliphatic hydroxyl groups is 1. The molecular weight excluding hydrogens is 426 g/mol. The fourth-order valence-electron chi connectivity index (χ4n) is 4.19. The summed E-state index contributed by atoms with van der Waals surface area (Å²) >= 11 is 0. The van der Waals surface area contributed by atoms with Crippen molar-refractivity contribution >= 4 is 12.1 Å². The highest BCUT2D eigenvalue weighted by Crippen LogP contribution is 2.48. The van der Waals surface area contributed by atoms with Crippen LogP contribution in [0.1, 0.15) is 60.7 Å². The molecule has 0 aliphatic carbocycles. The molecule has 4 rings (SSSR count). The number of aryl methyl sites for hydroxylation is 1. The topological polar surface area (TPSA) is 94.5 Å². The Morgan fingerprint density at radius 1 is 1.15 bits per heavy atom. The molecule has 1 N–H and O–H groups in total. The lowest BCUT2D eigenvalue weighted by Crippen LogP contribution is -2.30. The molecule has 8 nitrogen and oxygen atoms in total. The van der Waals surface area contributed by atoms with Crippen LogP contribution in [0.3, 0.4) is 0 Å². The zero-order valence-corrected chi connectivity index (χ0v) is 19.3. The van der Waals surface area contributed by atoms with E-state index in [-0.39, 0.29) is 40.2 Å². The van der Waals surface area contributed by atoms with Crippen molar-refractivity contribution < 1.29 is 33.6 Å². The van der Waals surface area contributed by atoms with Crippen LogP contribution in [-0.4, -0.2) is 42.3 Å². The van der Waals surface area contributed by atoms with Gasteiger partial charge in [-0.15, -0.1) is 0 Å². The standard InChI is InChI=1S/C25H29NO7/c1-14(2)11-17(27)16-7-8-18-21(22(16)30-4)24(28)32-19-12-15(3)13-20(23(19)31-18)33-25(29)26-9-5-6-10-26/h7-8,12-14,17,27H,5-6,9-11H2,1-4H3/t17-/m0/s1. The molecule has 1 amide bonds. The van der Waals surface area contributed by atoms with Gasteiger partial charge in [0, 0.05) is 18.7 Å². The van der Waals surface area contributed by atoms with Gasteiger partial charge in [-0.2, -0.15) is 0 Å². The van der Waals surface area contributed by atoms with Crippen LogP contribution in [0, 0.1) is 12.8 Å². The molecule has 1 atom stereocenters. The van der Waals surface area contributed by atoms with Gasteiger partial charge in [-0.05, 0) is 61.9 Å². The summed E-state index contributed by atoms with van der Waals surface area (Å²) in [7, 11) is 1.43. The average molecular weight is 456 g/mol. The Morgan fingerprint density at radius 3 is 2.55 bits per heavy atom. The summed E-state index contributed by atoms with van der Waals surface area (Å²) in [5, 5.41) is 10.7. The minimum absolute atomic E-state index is 0.0727. The molecule has 2 heterocycles. The number of esters is 1. The molecule has 0 saturated carbocycles. The van der Waals surface area contributed by atoms with Crippen molar-refractivity contribution in [3.8, 4) is 28.7 Å². The normalized spacial score (nSPS) is 15.8. The average Bonchev–Trinajstić information content (AvgIpc) is 3.25. The number of nitrogens with zero attached hydrogens (tertiary/aromatic N) is 1. The molecule has 2 aromatic carbocycles. The molecule has 0 unspecified atom stereocenters. The molecule has 2 aromatic rings. The monoisotopic (exact) mass is 455 g/mol. The first kappa shape index (κ1) is 22.9. The van der Waals surface area contributed by atoms with Gasteiger partial charge in [0.05, 0.1) is 13.2 Å². The van der Waals surface area contributed by atoms with Crippen LogP contribution in [-0.2, 0) is 0 Å². The van der Waals surface area contributed by atoms with E-state index in [4.69, 9.17) is 18.9 Å². The maximum Gasteiger partial charge on any atom is 0.415 e. The quantitative estimate of drug-likeness (QED) is 0.501. The van der Waals surface area contributed by atoms with E-state index in [2.05, 4.69) is 0 Å². The van der Waals surface area contributed by atoms with Gasteiger partial charge in [-0.1, -0.05) is 13.8 Å². The van der Waals surface area contributed by atoms with E-state index in [9.17, 15) is 14.7 Å². The Morgan fingerprint density at radius 2 is 1.88 bits per heavy atom. The Kier molecular flexibility index (Phi) is 6.47. The maximum atomic E-state index is 13.1. The second-order valence-corrected chi connectivity index (χ2v) is 8.85. The Labute approximate surface area is 193 Å². The van der Waals surface area contributed by atoms with Crippen molar-refractivity contribution in [2.24, 2.45) is 5.92 Å². The Bertz CT molecular complexity index is 1070. The zero-order valence-electron chi connectivity index (χ0n) is 19.3. The van der Waals surface area contributed by atoms with Gasteiger partial charge in [-0.3, -0.25) is 0 Å². The highest BCUT2D eigenvalue weighted by molar-refractivity contribution is 5.99. The summed E-state index contributed by atoms with van der Waals surface area (Å²) in [4.78, 5) is 27.4. The third kappa shape index (κ3) is 4.61. The number of aliphatic hydroxyl groups excluding tert-OH is 1. The van der Waals surface area contributed by atoms with Gasteiger partial charge < -0.3 is 29.0 Å². The molecule has 0 aromatic heterocycles. The number of amides is 1. The molecule has 0 radical (unpaired) electrons. The van der Waals surface area contributed by atoms with Gasteiger partial charge in [-0.25, -0.2) is 9.59 Å². The third-order valence-corrected chi connectivity index (χ3v) is 5.75. The van der Waals surface area contributed by atoms with E-state index in [1.54, 1.807) is 36.1 Å². The molecule has 8 heteroatoms. The van der Waals surface area contributed by atoms with Crippen molar-refractivity contribution in [3.63, 3.8) is 0 Å². The van der Waals surface area contributed by atoms with Crippen LogP contribution in [0.15, 0.2) is 24.3 Å². The summed E-state index contributed by atoms with van der Waals surface area (Å²) in [5.74, 6) is 0.410. The lowest BCUT2D eigenvalue weighted by Gasteiger charge is -2.19. The SMILES string of the molecule is COc1c([C@@H](O)CC(C)C)ccc2c1C(=O)Oc1cc(C)cc(OC(=O)N3CCCC3)c1O2. The maximum absolute atomic E-state index is 13.1. The number of benzene rings is 2. The van der Waals surface area contributed by atoms with Crippen LogP contribution < -0.4 is 18.9 Å². The highest BCUT2D eigenvalue weighted by Gasteiger charge is 2.33. The molecular formula is C25H29NO7. The van der Waals surface area contributed by atoms with Gasteiger partial charge in [0.1, 0.15) is 17.1 Å². The number of ether oxygens (including phenoxy) is 4. The first-order valence-electron chi connectivity index (χ1n) is 11.2. The number of rotatable bonds is 5. The highest BCUT2D eigenvalue weighted by atomic mass is 16.6. The lowest BCUT2D eigenvalue weighted by atomic mass is 9.96. The van der Waals surface area contributed by atoms with Crippen molar-refractivity contribution in [1.29, 1.82) is 0 Å². The first-order chi connectivity index (χ1) is 15.8. The molecule has 0 spiro atoms. The number of hydrogen-bond acceptors (Lipinski definition) is 7. The van der Waals surface area contributed by atoms with Gasteiger partial charge >= 0.3 is 12.1 Å².